The standard InChI is InChI=1S/C17H28N2O/c1-5-20-16-8-6-7-15(10-16)11-18-17-9-14(3)19(4)12-13(17)2/h6-8,10,13-14,17-18H,5,9,11-12H2,1-4H3. The summed E-state index contributed by atoms with van der Waals surface area (Å²) < 4.78 is 5.56. The molecule has 1 aliphatic rings. The van der Waals surface area contributed by atoms with Crippen LogP contribution >= 0.6 is 0 Å². The predicted octanol–water partition coefficient (Wildman–Crippen LogP) is 2.90. The Morgan fingerprint density at radius 1 is 1.35 bits per heavy atom. The zero-order valence-electron chi connectivity index (χ0n) is 13.2. The van der Waals surface area contributed by atoms with Gasteiger partial charge >= 0.3 is 0 Å². The van der Waals surface area contributed by atoms with Crippen molar-refractivity contribution in [3.8, 4) is 5.75 Å². The third-order valence-electron chi connectivity index (χ3n) is 4.39. The Labute approximate surface area is 123 Å². The van der Waals surface area contributed by atoms with Crippen molar-refractivity contribution in [2.24, 2.45) is 5.92 Å². The molecule has 3 atom stereocenters. The number of nitrogens with one attached hydrogen (secondary N) is 1. The van der Waals surface area contributed by atoms with Crippen LogP contribution in [-0.4, -0.2) is 37.2 Å². The lowest BCUT2D eigenvalue weighted by Crippen LogP contribution is -2.50. The SMILES string of the molecule is CCOc1cccc(CNC2CC(C)N(C)CC2C)c1. The minimum atomic E-state index is 0.608. The Hall–Kier alpha value is -1.06. The molecule has 3 heteroatoms. The van der Waals surface area contributed by atoms with E-state index in [4.69, 9.17) is 4.74 Å². The Balaban J connectivity index is 1.89. The van der Waals surface area contributed by atoms with Gasteiger partial charge in [0.2, 0.25) is 0 Å². The highest BCUT2D eigenvalue weighted by Gasteiger charge is 2.28. The summed E-state index contributed by atoms with van der Waals surface area (Å²) in [6.45, 7) is 9.50. The fourth-order valence-electron chi connectivity index (χ4n) is 2.99. The van der Waals surface area contributed by atoms with Gasteiger partial charge in [-0.1, -0.05) is 19.1 Å². The Kier molecular flexibility index (Phi) is 5.44. The smallest absolute Gasteiger partial charge is 0.119 e. The normalized spacial score (nSPS) is 27.5. The van der Waals surface area contributed by atoms with Crippen molar-refractivity contribution in [3.05, 3.63) is 29.8 Å². The maximum absolute atomic E-state index is 5.56. The van der Waals surface area contributed by atoms with Crippen molar-refractivity contribution in [1.82, 2.24) is 10.2 Å². The van der Waals surface area contributed by atoms with Crippen molar-refractivity contribution in [2.75, 3.05) is 20.2 Å². The van der Waals surface area contributed by atoms with E-state index < -0.39 is 0 Å². The largest absolute Gasteiger partial charge is 0.494 e. The van der Waals surface area contributed by atoms with E-state index in [0.29, 0.717) is 18.0 Å². The van der Waals surface area contributed by atoms with E-state index in [0.717, 1.165) is 18.9 Å². The van der Waals surface area contributed by atoms with E-state index in [9.17, 15) is 0 Å². The fourth-order valence-corrected chi connectivity index (χ4v) is 2.99. The number of likely N-dealkylation sites (tertiary alicyclic amines) is 1. The zero-order valence-corrected chi connectivity index (χ0v) is 13.2. The second-order valence-electron chi connectivity index (χ2n) is 6.07. The molecule has 1 aliphatic heterocycles. The van der Waals surface area contributed by atoms with Gasteiger partial charge in [0.1, 0.15) is 5.75 Å². The Morgan fingerprint density at radius 3 is 2.90 bits per heavy atom. The first-order valence-corrected chi connectivity index (χ1v) is 7.75. The van der Waals surface area contributed by atoms with E-state index in [2.05, 4.69) is 49.3 Å². The number of ether oxygens (including phenoxy) is 1. The van der Waals surface area contributed by atoms with E-state index >= 15 is 0 Å². The summed E-state index contributed by atoms with van der Waals surface area (Å²) in [5.74, 6) is 1.67. The molecule has 1 aromatic carbocycles. The average molecular weight is 276 g/mol. The second kappa shape index (κ2) is 7.09. The first-order chi connectivity index (χ1) is 9.60. The fraction of sp³-hybridized carbons (Fsp3) is 0.647. The summed E-state index contributed by atoms with van der Waals surface area (Å²) >= 11 is 0. The monoisotopic (exact) mass is 276 g/mol. The van der Waals surface area contributed by atoms with Crippen molar-refractivity contribution >= 4 is 0 Å². The molecule has 20 heavy (non-hydrogen) atoms. The number of hydrogen-bond acceptors (Lipinski definition) is 3. The molecule has 3 unspecified atom stereocenters. The summed E-state index contributed by atoms with van der Waals surface area (Å²) in [6, 6.07) is 9.67. The van der Waals surface area contributed by atoms with Gasteiger partial charge < -0.3 is 15.0 Å². The van der Waals surface area contributed by atoms with Crippen LogP contribution in [0.3, 0.4) is 0 Å². The average Bonchev–Trinajstić information content (AvgIpc) is 2.42. The summed E-state index contributed by atoms with van der Waals surface area (Å²) in [7, 11) is 2.23. The van der Waals surface area contributed by atoms with Crippen LogP contribution in [-0.2, 0) is 6.54 Å². The Bertz CT molecular complexity index is 421. The number of hydrogen-bond donors (Lipinski definition) is 1. The minimum absolute atomic E-state index is 0.608. The van der Waals surface area contributed by atoms with Crippen molar-refractivity contribution < 1.29 is 4.74 Å². The molecule has 112 valence electrons. The maximum Gasteiger partial charge on any atom is 0.119 e. The minimum Gasteiger partial charge on any atom is -0.494 e. The van der Waals surface area contributed by atoms with Crippen molar-refractivity contribution in [3.63, 3.8) is 0 Å². The number of rotatable bonds is 5. The highest BCUT2D eigenvalue weighted by Crippen LogP contribution is 2.21. The molecule has 0 radical (unpaired) electrons. The Morgan fingerprint density at radius 2 is 2.15 bits per heavy atom. The lowest BCUT2D eigenvalue weighted by atomic mass is 9.90. The molecule has 0 aromatic heterocycles. The first-order valence-electron chi connectivity index (χ1n) is 7.75. The topological polar surface area (TPSA) is 24.5 Å². The molecular formula is C17H28N2O. The number of piperidine rings is 1. The van der Waals surface area contributed by atoms with Gasteiger partial charge in [0.25, 0.3) is 0 Å². The van der Waals surface area contributed by atoms with E-state index in [-0.39, 0.29) is 0 Å². The van der Waals surface area contributed by atoms with Gasteiger partial charge in [0.15, 0.2) is 0 Å². The molecule has 0 aliphatic carbocycles. The van der Waals surface area contributed by atoms with Gasteiger partial charge in [0, 0.05) is 25.2 Å². The second-order valence-corrected chi connectivity index (χ2v) is 6.07. The van der Waals surface area contributed by atoms with E-state index in [1.807, 2.05) is 13.0 Å². The molecule has 0 amide bonds. The van der Waals surface area contributed by atoms with Crippen LogP contribution in [0.15, 0.2) is 24.3 Å². The van der Waals surface area contributed by atoms with Crippen molar-refractivity contribution in [2.45, 2.75) is 45.8 Å². The molecule has 0 saturated carbocycles. The van der Waals surface area contributed by atoms with Crippen molar-refractivity contribution in [1.29, 1.82) is 0 Å². The molecule has 0 bridgehead atoms. The lowest BCUT2D eigenvalue weighted by molar-refractivity contribution is 0.121. The maximum atomic E-state index is 5.56. The highest BCUT2D eigenvalue weighted by atomic mass is 16.5. The summed E-state index contributed by atoms with van der Waals surface area (Å²) in [5, 5.41) is 3.73. The molecule has 1 saturated heterocycles. The molecule has 1 fully saturated rings. The van der Waals surface area contributed by atoms with Gasteiger partial charge in [-0.2, -0.15) is 0 Å². The zero-order chi connectivity index (χ0) is 14.5. The molecular weight excluding hydrogens is 248 g/mol. The van der Waals surface area contributed by atoms with Crippen LogP contribution in [0.2, 0.25) is 0 Å². The number of benzene rings is 1. The van der Waals surface area contributed by atoms with Gasteiger partial charge in [-0.25, -0.2) is 0 Å². The van der Waals surface area contributed by atoms with E-state index in [1.54, 1.807) is 0 Å². The van der Waals surface area contributed by atoms with Gasteiger partial charge in [0.05, 0.1) is 6.61 Å². The van der Waals surface area contributed by atoms with Crippen LogP contribution in [0.25, 0.3) is 0 Å². The van der Waals surface area contributed by atoms with Gasteiger partial charge in [-0.3, -0.25) is 0 Å². The predicted molar refractivity (Wildman–Crippen MR) is 84.1 cm³/mol. The molecule has 1 aromatic rings. The lowest BCUT2D eigenvalue weighted by Gasteiger charge is -2.40. The van der Waals surface area contributed by atoms with Gasteiger partial charge in [-0.15, -0.1) is 0 Å². The number of nitrogens with zero attached hydrogens (tertiary/aromatic N) is 1. The summed E-state index contributed by atoms with van der Waals surface area (Å²) in [4.78, 5) is 2.46. The molecule has 2 rings (SSSR count). The van der Waals surface area contributed by atoms with Crippen LogP contribution in [0.5, 0.6) is 5.75 Å². The highest BCUT2D eigenvalue weighted by molar-refractivity contribution is 5.28. The van der Waals surface area contributed by atoms with E-state index in [1.165, 1.54) is 18.5 Å². The molecule has 1 heterocycles. The quantitative estimate of drug-likeness (QED) is 0.895. The summed E-state index contributed by atoms with van der Waals surface area (Å²) in [5.41, 5.74) is 1.30. The molecule has 3 nitrogen and oxygen atoms in total. The molecule has 1 N–H and O–H groups in total. The summed E-state index contributed by atoms with van der Waals surface area (Å²) in [6.07, 6.45) is 1.23. The van der Waals surface area contributed by atoms with Gasteiger partial charge in [-0.05, 0) is 50.9 Å². The first kappa shape index (κ1) is 15.3. The van der Waals surface area contributed by atoms with Crippen LogP contribution < -0.4 is 10.1 Å². The molecule has 0 spiro atoms. The van der Waals surface area contributed by atoms with Crippen LogP contribution in [0.4, 0.5) is 0 Å². The van der Waals surface area contributed by atoms with Crippen LogP contribution in [0.1, 0.15) is 32.8 Å². The third kappa shape index (κ3) is 3.97. The van der Waals surface area contributed by atoms with Crippen LogP contribution in [0, 0.1) is 5.92 Å². The third-order valence-corrected chi connectivity index (χ3v) is 4.39.